The van der Waals surface area contributed by atoms with Gasteiger partial charge in [0.25, 0.3) is 0 Å². The molecule has 24 heavy (non-hydrogen) atoms. The number of ether oxygens (including phenoxy) is 1. The highest BCUT2D eigenvalue weighted by Crippen LogP contribution is 2.54. The van der Waals surface area contributed by atoms with Gasteiger partial charge in [-0.25, -0.2) is 0 Å². The van der Waals surface area contributed by atoms with E-state index in [-0.39, 0.29) is 11.5 Å². The zero-order valence-corrected chi connectivity index (χ0v) is 17.4. The van der Waals surface area contributed by atoms with Crippen LogP contribution in [-0.4, -0.2) is 10.7 Å². The van der Waals surface area contributed by atoms with Crippen molar-refractivity contribution in [3.63, 3.8) is 0 Å². The molecular formula is C21H29IO2. The van der Waals surface area contributed by atoms with E-state index >= 15 is 0 Å². The lowest BCUT2D eigenvalue weighted by atomic mass is 9.68. The van der Waals surface area contributed by atoms with Gasteiger partial charge in [0.05, 0.1) is 3.57 Å². The number of unbranched alkanes of at least 4 members (excludes halogenated alkanes) is 2. The van der Waals surface area contributed by atoms with Crippen LogP contribution in [0.2, 0.25) is 0 Å². The summed E-state index contributed by atoms with van der Waals surface area (Å²) in [7, 11) is 0. The van der Waals surface area contributed by atoms with Gasteiger partial charge in [0, 0.05) is 17.4 Å². The van der Waals surface area contributed by atoms with E-state index in [0.717, 1.165) is 34.1 Å². The van der Waals surface area contributed by atoms with Crippen molar-refractivity contribution in [1.82, 2.24) is 0 Å². The molecule has 1 aromatic rings. The fourth-order valence-corrected chi connectivity index (χ4v) is 5.05. The smallest absolute Gasteiger partial charge is 0.136 e. The van der Waals surface area contributed by atoms with Crippen molar-refractivity contribution in [3.8, 4) is 11.5 Å². The molecule has 3 heteroatoms. The summed E-state index contributed by atoms with van der Waals surface area (Å²) in [6.07, 6.45) is 9.25. The molecule has 0 saturated heterocycles. The Bertz CT molecular complexity index is 660. The summed E-state index contributed by atoms with van der Waals surface area (Å²) in [6.45, 7) is 8.83. The normalized spacial score (nSPS) is 24.6. The number of hydrogen-bond acceptors (Lipinski definition) is 2. The molecule has 0 aromatic heterocycles. The second kappa shape index (κ2) is 6.89. The first-order valence-corrected chi connectivity index (χ1v) is 10.3. The van der Waals surface area contributed by atoms with E-state index in [2.05, 4.69) is 62.4 Å². The van der Waals surface area contributed by atoms with E-state index in [1.807, 2.05) is 0 Å². The van der Waals surface area contributed by atoms with Crippen molar-refractivity contribution in [2.45, 2.75) is 77.7 Å². The van der Waals surface area contributed by atoms with E-state index in [0.29, 0.717) is 11.7 Å². The van der Waals surface area contributed by atoms with Gasteiger partial charge in [0.1, 0.15) is 17.1 Å². The van der Waals surface area contributed by atoms with Crippen LogP contribution in [0.5, 0.6) is 11.5 Å². The average Bonchev–Trinajstić information content (AvgIpc) is 2.51. The summed E-state index contributed by atoms with van der Waals surface area (Å²) in [5.41, 5.74) is 3.49. The lowest BCUT2D eigenvalue weighted by Gasteiger charge is -2.46. The molecule has 0 bridgehead atoms. The fourth-order valence-electron chi connectivity index (χ4n) is 4.33. The van der Waals surface area contributed by atoms with Gasteiger partial charge >= 0.3 is 0 Å². The second-order valence-electron chi connectivity index (χ2n) is 7.96. The summed E-state index contributed by atoms with van der Waals surface area (Å²) < 4.78 is 7.43. The Labute approximate surface area is 159 Å². The van der Waals surface area contributed by atoms with Gasteiger partial charge in [-0.1, -0.05) is 31.4 Å². The van der Waals surface area contributed by atoms with Gasteiger partial charge < -0.3 is 9.84 Å². The minimum absolute atomic E-state index is 0.186. The molecule has 0 amide bonds. The van der Waals surface area contributed by atoms with Crippen LogP contribution in [0.1, 0.15) is 76.8 Å². The monoisotopic (exact) mass is 440 g/mol. The highest BCUT2D eigenvalue weighted by atomic mass is 127. The van der Waals surface area contributed by atoms with Gasteiger partial charge in [-0.3, -0.25) is 0 Å². The van der Waals surface area contributed by atoms with Gasteiger partial charge in [-0.15, -0.1) is 0 Å². The van der Waals surface area contributed by atoms with Crippen LogP contribution >= 0.6 is 22.6 Å². The number of hydrogen-bond donors (Lipinski definition) is 1. The van der Waals surface area contributed by atoms with Gasteiger partial charge in [0.2, 0.25) is 0 Å². The lowest BCUT2D eigenvalue weighted by molar-refractivity contribution is 0.0106. The first-order valence-electron chi connectivity index (χ1n) is 9.25. The number of allylic oxidation sites excluding steroid dienone is 2. The Kier molecular flexibility index (Phi) is 5.19. The minimum atomic E-state index is -0.186. The highest BCUT2D eigenvalue weighted by molar-refractivity contribution is 14.1. The largest absolute Gasteiger partial charge is 0.506 e. The third-order valence-electron chi connectivity index (χ3n) is 5.71. The molecule has 1 aliphatic heterocycles. The first-order chi connectivity index (χ1) is 11.3. The molecule has 0 fully saturated rings. The van der Waals surface area contributed by atoms with Crippen molar-refractivity contribution in [2.75, 3.05) is 0 Å². The number of phenols is 1. The van der Waals surface area contributed by atoms with Crippen LogP contribution < -0.4 is 4.74 Å². The van der Waals surface area contributed by atoms with E-state index in [4.69, 9.17) is 4.74 Å². The zero-order valence-electron chi connectivity index (χ0n) is 15.3. The molecule has 0 radical (unpaired) electrons. The highest BCUT2D eigenvalue weighted by Gasteiger charge is 2.45. The van der Waals surface area contributed by atoms with Crippen molar-refractivity contribution < 1.29 is 9.84 Å². The van der Waals surface area contributed by atoms with E-state index in [1.54, 1.807) is 0 Å². The topological polar surface area (TPSA) is 29.5 Å². The molecule has 132 valence electrons. The minimum Gasteiger partial charge on any atom is -0.506 e. The molecule has 0 spiro atoms. The number of aryl methyl sites for hydroxylation is 1. The predicted octanol–water partition coefficient (Wildman–Crippen LogP) is 6.34. The number of phenolic OH excluding ortho intramolecular Hbond substituents is 1. The third kappa shape index (κ3) is 3.21. The fraction of sp³-hybridized carbons (Fsp3) is 0.619. The Morgan fingerprint density at radius 2 is 2.08 bits per heavy atom. The first kappa shape index (κ1) is 18.1. The third-order valence-corrected chi connectivity index (χ3v) is 6.92. The van der Waals surface area contributed by atoms with Crippen molar-refractivity contribution in [1.29, 1.82) is 0 Å². The summed E-state index contributed by atoms with van der Waals surface area (Å²) in [6, 6.07) is 2.20. The molecule has 1 aliphatic carbocycles. The Morgan fingerprint density at radius 3 is 2.79 bits per heavy atom. The summed E-state index contributed by atoms with van der Waals surface area (Å²) in [5.74, 6) is 2.06. The molecule has 2 atom stereocenters. The van der Waals surface area contributed by atoms with Crippen LogP contribution in [0, 0.1) is 9.49 Å². The molecule has 3 rings (SSSR count). The summed E-state index contributed by atoms with van der Waals surface area (Å²) >= 11 is 2.31. The summed E-state index contributed by atoms with van der Waals surface area (Å²) in [4.78, 5) is 0. The van der Waals surface area contributed by atoms with Crippen molar-refractivity contribution >= 4 is 22.6 Å². The number of fused-ring (bicyclic) bond motifs is 3. The van der Waals surface area contributed by atoms with E-state index in [9.17, 15) is 5.11 Å². The second-order valence-corrected chi connectivity index (χ2v) is 9.04. The quantitative estimate of drug-likeness (QED) is 0.336. The Morgan fingerprint density at radius 1 is 1.33 bits per heavy atom. The number of halogens is 1. The van der Waals surface area contributed by atoms with Gasteiger partial charge in [0.15, 0.2) is 0 Å². The maximum atomic E-state index is 11.0. The SMILES string of the molecule is CCCCCc1cc2c(c(O)c1I)C1C=C(C)CC[C@H]1C(C)(C)O2. The molecule has 1 heterocycles. The Hall–Kier alpha value is -0.710. The number of aromatic hydroxyl groups is 1. The predicted molar refractivity (Wildman–Crippen MR) is 108 cm³/mol. The summed E-state index contributed by atoms with van der Waals surface area (Å²) in [5, 5.41) is 11.0. The van der Waals surface area contributed by atoms with Crippen LogP contribution in [-0.2, 0) is 6.42 Å². The van der Waals surface area contributed by atoms with E-state index < -0.39 is 0 Å². The average molecular weight is 440 g/mol. The molecular weight excluding hydrogens is 411 g/mol. The van der Waals surface area contributed by atoms with Crippen LogP contribution in [0.3, 0.4) is 0 Å². The molecule has 0 saturated carbocycles. The maximum absolute atomic E-state index is 11.0. The lowest BCUT2D eigenvalue weighted by Crippen LogP contribution is -2.45. The molecule has 2 nitrogen and oxygen atoms in total. The standard InChI is InChI=1S/C21H29IO2/c1-5-6-7-8-14-12-17-18(20(23)19(14)22)15-11-13(2)9-10-16(15)21(3,4)24-17/h11-12,15-16,23H,5-10H2,1-4H3/t15?,16-/m1/s1. The van der Waals surface area contributed by atoms with E-state index in [1.165, 1.54) is 30.4 Å². The molecule has 1 unspecified atom stereocenters. The van der Waals surface area contributed by atoms with Gasteiger partial charge in [-0.05, 0) is 80.7 Å². The maximum Gasteiger partial charge on any atom is 0.136 e. The van der Waals surface area contributed by atoms with Crippen LogP contribution in [0.4, 0.5) is 0 Å². The van der Waals surface area contributed by atoms with Crippen LogP contribution in [0.15, 0.2) is 17.7 Å². The zero-order chi connectivity index (χ0) is 17.5. The molecule has 2 aliphatic rings. The van der Waals surface area contributed by atoms with Crippen molar-refractivity contribution in [3.05, 3.63) is 32.4 Å². The molecule has 1 aromatic carbocycles. The number of benzene rings is 1. The van der Waals surface area contributed by atoms with Gasteiger partial charge in [-0.2, -0.15) is 0 Å². The Balaban J connectivity index is 2.06. The number of rotatable bonds is 4. The van der Waals surface area contributed by atoms with Crippen LogP contribution in [0.25, 0.3) is 0 Å². The molecule has 1 N–H and O–H groups in total. The van der Waals surface area contributed by atoms with Crippen molar-refractivity contribution in [2.24, 2.45) is 5.92 Å².